The molecule has 3 N–H and O–H groups in total. The fourth-order valence-corrected chi connectivity index (χ4v) is 1.27. The van der Waals surface area contributed by atoms with Crippen molar-refractivity contribution in [1.82, 2.24) is 10.3 Å². The number of anilines is 1. The molecule has 0 bridgehead atoms. The second-order valence-electron chi connectivity index (χ2n) is 3.96. The van der Waals surface area contributed by atoms with E-state index in [2.05, 4.69) is 15.6 Å². The van der Waals surface area contributed by atoms with Crippen molar-refractivity contribution in [3.05, 3.63) is 24.0 Å². The number of aliphatic hydroxyl groups excluding tert-OH is 1. The van der Waals surface area contributed by atoms with Gasteiger partial charge < -0.3 is 15.7 Å². The van der Waals surface area contributed by atoms with Crippen molar-refractivity contribution < 1.29 is 9.90 Å². The van der Waals surface area contributed by atoms with E-state index in [-0.39, 0.29) is 18.4 Å². The summed E-state index contributed by atoms with van der Waals surface area (Å²) in [6.07, 6.45) is 1.59. The third kappa shape index (κ3) is 4.40. The highest BCUT2D eigenvalue weighted by Gasteiger charge is 2.06. The predicted molar refractivity (Wildman–Crippen MR) is 67.0 cm³/mol. The van der Waals surface area contributed by atoms with Gasteiger partial charge in [-0.15, -0.1) is 0 Å². The van der Waals surface area contributed by atoms with E-state index in [1.807, 2.05) is 13.8 Å². The second-order valence-corrected chi connectivity index (χ2v) is 3.96. The van der Waals surface area contributed by atoms with Crippen LogP contribution in [-0.4, -0.2) is 35.7 Å². The zero-order valence-corrected chi connectivity index (χ0v) is 10.2. The SMILES string of the molecule is CCNC(=O)c1cc(NCC(C)CO)ccn1. The van der Waals surface area contributed by atoms with E-state index < -0.39 is 0 Å². The molecule has 5 nitrogen and oxygen atoms in total. The third-order valence-corrected chi connectivity index (χ3v) is 2.30. The van der Waals surface area contributed by atoms with Crippen LogP contribution in [0.1, 0.15) is 24.3 Å². The fourth-order valence-electron chi connectivity index (χ4n) is 1.27. The van der Waals surface area contributed by atoms with Gasteiger partial charge >= 0.3 is 0 Å². The zero-order chi connectivity index (χ0) is 12.7. The highest BCUT2D eigenvalue weighted by molar-refractivity contribution is 5.93. The van der Waals surface area contributed by atoms with Crippen LogP contribution in [-0.2, 0) is 0 Å². The van der Waals surface area contributed by atoms with Crippen LogP contribution < -0.4 is 10.6 Å². The number of carbonyl (C=O) groups excluding carboxylic acids is 1. The Balaban J connectivity index is 2.62. The predicted octanol–water partition coefficient (Wildman–Crippen LogP) is 0.872. The summed E-state index contributed by atoms with van der Waals surface area (Å²) in [6, 6.07) is 3.50. The maximum Gasteiger partial charge on any atom is 0.269 e. The number of pyridine rings is 1. The van der Waals surface area contributed by atoms with Gasteiger partial charge in [0.25, 0.3) is 5.91 Å². The van der Waals surface area contributed by atoms with E-state index in [0.717, 1.165) is 5.69 Å². The molecule has 1 unspecified atom stereocenters. The molecule has 94 valence electrons. The van der Waals surface area contributed by atoms with Crippen LogP contribution in [0.2, 0.25) is 0 Å². The maximum atomic E-state index is 11.5. The van der Waals surface area contributed by atoms with Crippen LogP contribution in [0.25, 0.3) is 0 Å². The number of nitrogens with one attached hydrogen (secondary N) is 2. The van der Waals surface area contributed by atoms with E-state index in [1.165, 1.54) is 0 Å². The lowest BCUT2D eigenvalue weighted by Crippen LogP contribution is -2.24. The number of carbonyl (C=O) groups is 1. The van der Waals surface area contributed by atoms with Crippen molar-refractivity contribution in [3.8, 4) is 0 Å². The number of nitrogens with zero attached hydrogens (tertiary/aromatic N) is 1. The highest BCUT2D eigenvalue weighted by Crippen LogP contribution is 2.08. The first kappa shape index (κ1) is 13.4. The summed E-state index contributed by atoms with van der Waals surface area (Å²) in [5.41, 5.74) is 1.23. The molecule has 0 radical (unpaired) electrons. The Bertz CT molecular complexity index is 369. The number of aromatic nitrogens is 1. The highest BCUT2D eigenvalue weighted by atomic mass is 16.3. The Morgan fingerprint density at radius 3 is 3.00 bits per heavy atom. The smallest absolute Gasteiger partial charge is 0.269 e. The molecule has 1 aromatic heterocycles. The van der Waals surface area contributed by atoms with Gasteiger partial charge in [-0.3, -0.25) is 9.78 Å². The number of rotatable bonds is 6. The normalized spacial score (nSPS) is 11.9. The lowest BCUT2D eigenvalue weighted by molar-refractivity contribution is 0.0951. The van der Waals surface area contributed by atoms with Crippen LogP contribution in [0.3, 0.4) is 0 Å². The average Bonchev–Trinajstić information content (AvgIpc) is 2.36. The summed E-state index contributed by atoms with van der Waals surface area (Å²) in [5, 5.41) is 14.8. The summed E-state index contributed by atoms with van der Waals surface area (Å²) in [7, 11) is 0. The Labute approximate surface area is 101 Å². The summed E-state index contributed by atoms with van der Waals surface area (Å²) in [4.78, 5) is 15.6. The summed E-state index contributed by atoms with van der Waals surface area (Å²) in [6.45, 7) is 5.19. The molecule has 0 saturated heterocycles. The van der Waals surface area contributed by atoms with E-state index in [0.29, 0.717) is 18.8 Å². The summed E-state index contributed by atoms with van der Waals surface area (Å²) < 4.78 is 0. The molecule has 17 heavy (non-hydrogen) atoms. The average molecular weight is 237 g/mol. The Hall–Kier alpha value is -1.62. The molecule has 1 rings (SSSR count). The molecular formula is C12H19N3O2. The fraction of sp³-hybridized carbons (Fsp3) is 0.500. The molecule has 0 aromatic carbocycles. The minimum Gasteiger partial charge on any atom is -0.396 e. The van der Waals surface area contributed by atoms with E-state index in [9.17, 15) is 4.79 Å². The largest absolute Gasteiger partial charge is 0.396 e. The van der Waals surface area contributed by atoms with Crippen molar-refractivity contribution in [3.63, 3.8) is 0 Å². The Morgan fingerprint density at radius 2 is 2.35 bits per heavy atom. The van der Waals surface area contributed by atoms with Gasteiger partial charge in [0.1, 0.15) is 5.69 Å². The molecule has 1 aromatic rings. The molecule has 5 heteroatoms. The second kappa shape index (κ2) is 6.85. The molecule has 1 atom stereocenters. The van der Waals surface area contributed by atoms with Crippen molar-refractivity contribution in [2.45, 2.75) is 13.8 Å². The minimum atomic E-state index is -0.175. The lowest BCUT2D eigenvalue weighted by atomic mass is 10.2. The number of hydrogen-bond donors (Lipinski definition) is 3. The Morgan fingerprint density at radius 1 is 1.59 bits per heavy atom. The van der Waals surface area contributed by atoms with Gasteiger partial charge in [0.15, 0.2) is 0 Å². The first-order valence-electron chi connectivity index (χ1n) is 5.76. The monoisotopic (exact) mass is 237 g/mol. The standard InChI is InChI=1S/C12H19N3O2/c1-3-13-12(17)11-6-10(4-5-14-11)15-7-9(2)8-16/h4-6,9,16H,3,7-8H2,1-2H3,(H,13,17)(H,14,15). The quantitative estimate of drug-likeness (QED) is 0.686. The van der Waals surface area contributed by atoms with Gasteiger partial charge in [0, 0.05) is 31.6 Å². The van der Waals surface area contributed by atoms with Crippen molar-refractivity contribution >= 4 is 11.6 Å². The van der Waals surface area contributed by atoms with Gasteiger partial charge in [-0.05, 0) is 25.0 Å². The first-order chi connectivity index (χ1) is 8.17. The van der Waals surface area contributed by atoms with Gasteiger partial charge in [-0.1, -0.05) is 6.92 Å². The molecule has 0 spiro atoms. The number of aliphatic hydroxyl groups is 1. The van der Waals surface area contributed by atoms with Crippen LogP contribution in [0.5, 0.6) is 0 Å². The van der Waals surface area contributed by atoms with E-state index in [1.54, 1.807) is 18.3 Å². The molecule has 0 aliphatic rings. The third-order valence-electron chi connectivity index (χ3n) is 2.30. The van der Waals surface area contributed by atoms with Gasteiger partial charge in [-0.25, -0.2) is 0 Å². The summed E-state index contributed by atoms with van der Waals surface area (Å²) in [5.74, 6) is 0.00226. The first-order valence-corrected chi connectivity index (χ1v) is 5.76. The van der Waals surface area contributed by atoms with Gasteiger partial charge in [-0.2, -0.15) is 0 Å². The van der Waals surface area contributed by atoms with E-state index in [4.69, 9.17) is 5.11 Å². The molecule has 0 aliphatic heterocycles. The van der Waals surface area contributed by atoms with Crippen LogP contribution >= 0.6 is 0 Å². The maximum absolute atomic E-state index is 11.5. The van der Waals surface area contributed by atoms with Crippen LogP contribution in [0.4, 0.5) is 5.69 Å². The molecule has 0 aliphatic carbocycles. The molecule has 1 heterocycles. The van der Waals surface area contributed by atoms with Gasteiger partial charge in [0.2, 0.25) is 0 Å². The van der Waals surface area contributed by atoms with Crippen LogP contribution in [0.15, 0.2) is 18.3 Å². The van der Waals surface area contributed by atoms with Crippen molar-refractivity contribution in [2.24, 2.45) is 5.92 Å². The zero-order valence-electron chi connectivity index (χ0n) is 10.2. The van der Waals surface area contributed by atoms with Gasteiger partial charge in [0.05, 0.1) is 0 Å². The Kier molecular flexibility index (Phi) is 5.42. The van der Waals surface area contributed by atoms with Crippen LogP contribution in [0, 0.1) is 5.92 Å². The molecule has 0 fully saturated rings. The minimum absolute atomic E-state index is 0.140. The number of hydrogen-bond acceptors (Lipinski definition) is 4. The number of amides is 1. The van der Waals surface area contributed by atoms with E-state index >= 15 is 0 Å². The lowest BCUT2D eigenvalue weighted by Gasteiger charge is -2.11. The van der Waals surface area contributed by atoms with Crippen molar-refractivity contribution in [1.29, 1.82) is 0 Å². The summed E-state index contributed by atoms with van der Waals surface area (Å²) >= 11 is 0. The molecule has 1 amide bonds. The topological polar surface area (TPSA) is 74.2 Å². The van der Waals surface area contributed by atoms with Crippen molar-refractivity contribution in [2.75, 3.05) is 25.0 Å². The molecule has 0 saturated carbocycles. The molecular weight excluding hydrogens is 218 g/mol.